The van der Waals surface area contributed by atoms with E-state index in [-0.39, 0.29) is 6.04 Å². The molecule has 98 valence electrons. The van der Waals surface area contributed by atoms with E-state index in [0.717, 1.165) is 17.2 Å². The SMILES string of the molecule is CC(NCc1nnc2ccccn12)c1ccnn1C. The maximum atomic E-state index is 4.20. The van der Waals surface area contributed by atoms with Crippen LogP contribution in [0.1, 0.15) is 24.5 Å². The van der Waals surface area contributed by atoms with Crippen LogP contribution < -0.4 is 5.32 Å². The van der Waals surface area contributed by atoms with Crippen LogP contribution in [0.5, 0.6) is 0 Å². The van der Waals surface area contributed by atoms with Gasteiger partial charge in [-0.05, 0) is 25.1 Å². The lowest BCUT2D eigenvalue weighted by molar-refractivity contribution is 0.518. The van der Waals surface area contributed by atoms with Crippen LogP contribution in [-0.4, -0.2) is 24.4 Å². The standard InChI is InChI=1S/C13H16N6/c1-10(11-6-7-15-18(11)2)14-9-13-17-16-12-5-3-4-8-19(12)13/h3-8,10,14H,9H2,1-2H3. The lowest BCUT2D eigenvalue weighted by Gasteiger charge is -2.13. The number of aromatic nitrogens is 5. The van der Waals surface area contributed by atoms with E-state index in [1.165, 1.54) is 0 Å². The molecule has 0 bridgehead atoms. The molecule has 19 heavy (non-hydrogen) atoms. The molecule has 3 aromatic heterocycles. The van der Waals surface area contributed by atoms with Gasteiger partial charge in [0.1, 0.15) is 0 Å². The van der Waals surface area contributed by atoms with Crippen LogP contribution in [0.25, 0.3) is 5.65 Å². The maximum Gasteiger partial charge on any atom is 0.160 e. The fourth-order valence-corrected chi connectivity index (χ4v) is 2.17. The minimum Gasteiger partial charge on any atom is -0.302 e. The summed E-state index contributed by atoms with van der Waals surface area (Å²) in [4.78, 5) is 0. The molecule has 0 aromatic carbocycles. The number of aryl methyl sites for hydroxylation is 1. The van der Waals surface area contributed by atoms with Gasteiger partial charge in [-0.15, -0.1) is 10.2 Å². The molecule has 6 nitrogen and oxygen atoms in total. The molecule has 3 heterocycles. The number of nitrogens with zero attached hydrogens (tertiary/aromatic N) is 5. The van der Waals surface area contributed by atoms with Crippen molar-refractivity contribution in [3.05, 3.63) is 48.2 Å². The zero-order valence-electron chi connectivity index (χ0n) is 11.0. The largest absolute Gasteiger partial charge is 0.302 e. The normalized spacial score (nSPS) is 12.9. The number of pyridine rings is 1. The first-order valence-electron chi connectivity index (χ1n) is 6.25. The van der Waals surface area contributed by atoms with Gasteiger partial charge in [-0.3, -0.25) is 9.08 Å². The Morgan fingerprint density at radius 3 is 2.95 bits per heavy atom. The fourth-order valence-electron chi connectivity index (χ4n) is 2.17. The molecular formula is C13H16N6. The minimum absolute atomic E-state index is 0.212. The van der Waals surface area contributed by atoms with Crippen LogP contribution in [0.2, 0.25) is 0 Å². The number of hydrogen-bond acceptors (Lipinski definition) is 4. The molecule has 0 spiro atoms. The summed E-state index contributed by atoms with van der Waals surface area (Å²) in [6, 6.07) is 8.11. The van der Waals surface area contributed by atoms with Crippen molar-refractivity contribution in [2.24, 2.45) is 7.05 Å². The predicted molar refractivity (Wildman–Crippen MR) is 71.4 cm³/mol. The third kappa shape index (κ3) is 2.22. The average molecular weight is 256 g/mol. The highest BCUT2D eigenvalue weighted by Gasteiger charge is 2.10. The molecule has 6 heteroatoms. The Kier molecular flexibility index (Phi) is 3.00. The highest BCUT2D eigenvalue weighted by molar-refractivity contribution is 5.36. The summed E-state index contributed by atoms with van der Waals surface area (Å²) >= 11 is 0. The molecule has 0 fully saturated rings. The van der Waals surface area contributed by atoms with Crippen LogP contribution in [0.4, 0.5) is 0 Å². The molecule has 0 saturated carbocycles. The van der Waals surface area contributed by atoms with Gasteiger partial charge < -0.3 is 5.32 Å². The van der Waals surface area contributed by atoms with Gasteiger partial charge in [0.2, 0.25) is 0 Å². The van der Waals surface area contributed by atoms with Crippen molar-refractivity contribution >= 4 is 5.65 Å². The highest BCUT2D eigenvalue weighted by atomic mass is 15.3. The first-order chi connectivity index (χ1) is 9.25. The highest BCUT2D eigenvalue weighted by Crippen LogP contribution is 2.11. The molecule has 3 rings (SSSR count). The van der Waals surface area contributed by atoms with Gasteiger partial charge >= 0.3 is 0 Å². The predicted octanol–water partition coefficient (Wildman–Crippen LogP) is 1.31. The van der Waals surface area contributed by atoms with Crippen molar-refractivity contribution in [3.8, 4) is 0 Å². The van der Waals surface area contributed by atoms with Crippen LogP contribution in [-0.2, 0) is 13.6 Å². The van der Waals surface area contributed by atoms with E-state index in [1.54, 1.807) is 6.20 Å². The Hall–Kier alpha value is -2.21. The lowest BCUT2D eigenvalue weighted by Crippen LogP contribution is -2.21. The zero-order chi connectivity index (χ0) is 13.2. The van der Waals surface area contributed by atoms with Crippen LogP contribution in [0, 0.1) is 0 Å². The van der Waals surface area contributed by atoms with Gasteiger partial charge in [0, 0.05) is 25.5 Å². The van der Waals surface area contributed by atoms with E-state index in [1.807, 2.05) is 46.6 Å². The summed E-state index contributed by atoms with van der Waals surface area (Å²) < 4.78 is 3.86. The smallest absolute Gasteiger partial charge is 0.160 e. The molecule has 0 amide bonds. The van der Waals surface area contributed by atoms with Crippen LogP contribution in [0.15, 0.2) is 36.7 Å². The second-order valence-electron chi connectivity index (χ2n) is 4.53. The minimum atomic E-state index is 0.212. The molecule has 1 unspecified atom stereocenters. The van der Waals surface area contributed by atoms with Gasteiger partial charge in [-0.25, -0.2) is 0 Å². The van der Waals surface area contributed by atoms with Crippen molar-refractivity contribution in [1.29, 1.82) is 0 Å². The monoisotopic (exact) mass is 256 g/mol. The summed E-state index contributed by atoms with van der Waals surface area (Å²) in [5.74, 6) is 0.907. The zero-order valence-corrected chi connectivity index (χ0v) is 11.0. The van der Waals surface area contributed by atoms with Crippen LogP contribution in [0.3, 0.4) is 0 Å². The molecular weight excluding hydrogens is 240 g/mol. The third-order valence-corrected chi connectivity index (χ3v) is 3.25. The molecule has 0 radical (unpaired) electrons. The van der Waals surface area contributed by atoms with E-state index in [0.29, 0.717) is 6.54 Å². The van der Waals surface area contributed by atoms with E-state index in [2.05, 4.69) is 27.5 Å². The molecule has 0 aliphatic rings. The van der Waals surface area contributed by atoms with Crippen molar-refractivity contribution in [1.82, 2.24) is 29.7 Å². The summed E-state index contributed by atoms with van der Waals surface area (Å²) in [6.45, 7) is 2.78. The van der Waals surface area contributed by atoms with Crippen LogP contribution >= 0.6 is 0 Å². The Morgan fingerprint density at radius 1 is 1.26 bits per heavy atom. The first-order valence-corrected chi connectivity index (χ1v) is 6.25. The second kappa shape index (κ2) is 4.81. The number of nitrogens with one attached hydrogen (secondary N) is 1. The quantitative estimate of drug-likeness (QED) is 0.764. The number of rotatable bonds is 4. The van der Waals surface area contributed by atoms with Crippen molar-refractivity contribution in [2.45, 2.75) is 19.5 Å². The lowest BCUT2D eigenvalue weighted by atomic mass is 10.2. The Balaban J connectivity index is 1.74. The third-order valence-electron chi connectivity index (χ3n) is 3.25. The summed E-state index contributed by atoms with van der Waals surface area (Å²) in [7, 11) is 1.94. The van der Waals surface area contributed by atoms with Crippen molar-refractivity contribution < 1.29 is 0 Å². The maximum absolute atomic E-state index is 4.20. The topological polar surface area (TPSA) is 60.0 Å². The molecule has 1 atom stereocenters. The Bertz CT molecular complexity index is 683. The average Bonchev–Trinajstić information content (AvgIpc) is 3.02. The second-order valence-corrected chi connectivity index (χ2v) is 4.53. The summed E-state index contributed by atoms with van der Waals surface area (Å²) in [5, 5.41) is 15.9. The van der Waals surface area contributed by atoms with Gasteiger partial charge in [-0.2, -0.15) is 5.10 Å². The van der Waals surface area contributed by atoms with Gasteiger partial charge in [0.15, 0.2) is 11.5 Å². The molecule has 0 aliphatic carbocycles. The van der Waals surface area contributed by atoms with E-state index < -0.39 is 0 Å². The Morgan fingerprint density at radius 2 is 2.16 bits per heavy atom. The van der Waals surface area contributed by atoms with E-state index in [9.17, 15) is 0 Å². The fraction of sp³-hybridized carbons (Fsp3) is 0.308. The van der Waals surface area contributed by atoms with Gasteiger partial charge in [0.25, 0.3) is 0 Å². The van der Waals surface area contributed by atoms with Gasteiger partial charge in [0.05, 0.1) is 12.2 Å². The molecule has 0 saturated heterocycles. The molecule has 3 aromatic rings. The Labute approximate surface area is 111 Å². The number of fused-ring (bicyclic) bond motifs is 1. The molecule has 1 N–H and O–H groups in total. The summed E-state index contributed by atoms with van der Waals surface area (Å²) in [6.07, 6.45) is 3.78. The van der Waals surface area contributed by atoms with Gasteiger partial charge in [-0.1, -0.05) is 6.07 Å². The molecule has 0 aliphatic heterocycles. The van der Waals surface area contributed by atoms with E-state index >= 15 is 0 Å². The summed E-state index contributed by atoms with van der Waals surface area (Å²) in [5.41, 5.74) is 2.02. The van der Waals surface area contributed by atoms with E-state index in [4.69, 9.17) is 0 Å². The van der Waals surface area contributed by atoms with Crippen molar-refractivity contribution in [2.75, 3.05) is 0 Å². The number of hydrogen-bond donors (Lipinski definition) is 1. The van der Waals surface area contributed by atoms with Crippen molar-refractivity contribution in [3.63, 3.8) is 0 Å². The first kappa shape index (κ1) is 11.9.